The molecule has 0 radical (unpaired) electrons. The van der Waals surface area contributed by atoms with E-state index in [0.717, 1.165) is 25.3 Å². The Morgan fingerprint density at radius 1 is 1.33 bits per heavy atom. The second-order valence-electron chi connectivity index (χ2n) is 5.87. The van der Waals surface area contributed by atoms with E-state index in [1.165, 1.54) is 25.7 Å². The molecule has 104 valence electrons. The number of rotatable bonds is 7. The van der Waals surface area contributed by atoms with Gasteiger partial charge in [-0.1, -0.05) is 13.8 Å². The molecular weight excluding hydrogens is 224 g/mol. The summed E-state index contributed by atoms with van der Waals surface area (Å²) >= 11 is 0. The lowest BCUT2D eigenvalue weighted by Gasteiger charge is -2.28. The first-order valence-electron chi connectivity index (χ1n) is 7.37. The summed E-state index contributed by atoms with van der Waals surface area (Å²) in [5.41, 5.74) is -0.433. The van der Waals surface area contributed by atoms with Crippen molar-refractivity contribution in [2.24, 2.45) is 5.92 Å². The molecule has 1 fully saturated rings. The zero-order chi connectivity index (χ0) is 13.4. The smallest absolute Gasteiger partial charge is 0.106 e. The maximum Gasteiger partial charge on any atom is 0.106 e. The van der Waals surface area contributed by atoms with Crippen molar-refractivity contribution in [1.29, 1.82) is 5.26 Å². The van der Waals surface area contributed by atoms with E-state index in [2.05, 4.69) is 25.2 Å². The molecule has 1 rings (SSSR count). The van der Waals surface area contributed by atoms with E-state index in [1.54, 1.807) is 0 Å². The van der Waals surface area contributed by atoms with Crippen LogP contribution in [0.25, 0.3) is 0 Å². The van der Waals surface area contributed by atoms with E-state index >= 15 is 0 Å². The molecule has 0 saturated heterocycles. The Balaban J connectivity index is 2.21. The molecule has 0 amide bonds. The first-order valence-corrected chi connectivity index (χ1v) is 7.37. The Labute approximate surface area is 112 Å². The van der Waals surface area contributed by atoms with Gasteiger partial charge in [-0.05, 0) is 51.5 Å². The first-order chi connectivity index (χ1) is 8.59. The van der Waals surface area contributed by atoms with E-state index in [-0.39, 0.29) is 0 Å². The molecule has 1 atom stereocenters. The van der Waals surface area contributed by atoms with E-state index in [0.29, 0.717) is 12.7 Å². The van der Waals surface area contributed by atoms with Crippen molar-refractivity contribution < 1.29 is 4.74 Å². The SMILES string of the molecule is CCCNC(C)(C#N)CCOC1CCC(C)CC1. The van der Waals surface area contributed by atoms with E-state index < -0.39 is 5.54 Å². The molecule has 0 spiro atoms. The highest BCUT2D eigenvalue weighted by Crippen LogP contribution is 2.25. The monoisotopic (exact) mass is 252 g/mol. The Morgan fingerprint density at radius 3 is 2.56 bits per heavy atom. The largest absolute Gasteiger partial charge is 0.378 e. The van der Waals surface area contributed by atoms with Crippen molar-refractivity contribution in [3.63, 3.8) is 0 Å². The Hall–Kier alpha value is -0.590. The quantitative estimate of drug-likeness (QED) is 0.756. The zero-order valence-corrected chi connectivity index (χ0v) is 12.2. The van der Waals surface area contributed by atoms with Gasteiger partial charge in [0.2, 0.25) is 0 Å². The van der Waals surface area contributed by atoms with Gasteiger partial charge < -0.3 is 4.74 Å². The molecule has 0 aromatic heterocycles. The van der Waals surface area contributed by atoms with E-state index in [1.807, 2.05) is 6.92 Å². The van der Waals surface area contributed by atoms with Crippen molar-refractivity contribution in [1.82, 2.24) is 5.32 Å². The van der Waals surface area contributed by atoms with Crippen LogP contribution in [-0.2, 0) is 4.74 Å². The van der Waals surface area contributed by atoms with E-state index in [4.69, 9.17) is 4.74 Å². The molecule has 0 aromatic rings. The second-order valence-corrected chi connectivity index (χ2v) is 5.87. The normalized spacial score (nSPS) is 27.4. The molecule has 0 bridgehead atoms. The van der Waals surface area contributed by atoms with Crippen LogP contribution in [-0.4, -0.2) is 24.8 Å². The number of hydrogen-bond acceptors (Lipinski definition) is 3. The van der Waals surface area contributed by atoms with Crippen molar-refractivity contribution in [3.05, 3.63) is 0 Å². The maximum absolute atomic E-state index is 9.22. The molecule has 1 aliphatic rings. The van der Waals surface area contributed by atoms with Crippen molar-refractivity contribution >= 4 is 0 Å². The highest BCUT2D eigenvalue weighted by atomic mass is 16.5. The average molecular weight is 252 g/mol. The summed E-state index contributed by atoms with van der Waals surface area (Å²) in [4.78, 5) is 0. The Kier molecular flexibility index (Phi) is 6.67. The Bertz CT molecular complexity index is 266. The average Bonchev–Trinajstić information content (AvgIpc) is 2.39. The fourth-order valence-electron chi connectivity index (χ4n) is 2.41. The lowest BCUT2D eigenvalue weighted by Crippen LogP contribution is -2.42. The summed E-state index contributed by atoms with van der Waals surface area (Å²) in [7, 11) is 0. The van der Waals surface area contributed by atoms with Gasteiger partial charge in [-0.3, -0.25) is 5.32 Å². The summed E-state index contributed by atoms with van der Waals surface area (Å²) in [6, 6.07) is 2.37. The number of hydrogen-bond donors (Lipinski definition) is 1. The zero-order valence-electron chi connectivity index (χ0n) is 12.2. The third kappa shape index (κ3) is 5.37. The van der Waals surface area contributed by atoms with Gasteiger partial charge in [0.05, 0.1) is 12.2 Å². The molecule has 1 N–H and O–H groups in total. The van der Waals surface area contributed by atoms with Gasteiger partial charge in [0.1, 0.15) is 5.54 Å². The second kappa shape index (κ2) is 7.76. The summed E-state index contributed by atoms with van der Waals surface area (Å²) in [5, 5.41) is 12.5. The molecule has 3 heteroatoms. The van der Waals surface area contributed by atoms with Gasteiger partial charge >= 0.3 is 0 Å². The van der Waals surface area contributed by atoms with Gasteiger partial charge in [-0.15, -0.1) is 0 Å². The minimum Gasteiger partial charge on any atom is -0.378 e. The van der Waals surface area contributed by atoms with Crippen molar-refractivity contribution in [2.75, 3.05) is 13.2 Å². The van der Waals surface area contributed by atoms with Crippen LogP contribution in [0.3, 0.4) is 0 Å². The molecule has 0 heterocycles. The summed E-state index contributed by atoms with van der Waals surface area (Å²) in [6.45, 7) is 7.99. The fourth-order valence-corrected chi connectivity index (χ4v) is 2.41. The molecule has 1 saturated carbocycles. The summed E-state index contributed by atoms with van der Waals surface area (Å²) < 4.78 is 5.92. The van der Waals surface area contributed by atoms with Crippen LogP contribution in [0.2, 0.25) is 0 Å². The first kappa shape index (κ1) is 15.5. The Morgan fingerprint density at radius 2 is 2.00 bits per heavy atom. The van der Waals surface area contributed by atoms with Crippen molar-refractivity contribution in [2.45, 2.75) is 70.9 Å². The van der Waals surface area contributed by atoms with Crippen LogP contribution in [0.1, 0.15) is 59.3 Å². The highest BCUT2D eigenvalue weighted by molar-refractivity contribution is 5.03. The maximum atomic E-state index is 9.22. The predicted octanol–water partition coefficient (Wildman–Crippen LogP) is 3.25. The standard InChI is InChI=1S/C15H28N2O/c1-4-10-17-15(3,12-16)9-11-18-14-7-5-13(2)6-8-14/h13-14,17H,4-11H2,1-3H3. The van der Waals surface area contributed by atoms with E-state index in [9.17, 15) is 5.26 Å². The van der Waals surface area contributed by atoms with Gasteiger partial charge in [-0.2, -0.15) is 5.26 Å². The molecule has 1 aliphatic carbocycles. The number of ether oxygens (including phenoxy) is 1. The van der Waals surface area contributed by atoms with Crippen molar-refractivity contribution in [3.8, 4) is 6.07 Å². The molecule has 0 aromatic carbocycles. The lowest BCUT2D eigenvalue weighted by molar-refractivity contribution is 0.0129. The molecule has 0 aliphatic heterocycles. The number of nitriles is 1. The van der Waals surface area contributed by atoms with Crippen LogP contribution in [0.5, 0.6) is 0 Å². The van der Waals surface area contributed by atoms with Crippen LogP contribution >= 0.6 is 0 Å². The lowest BCUT2D eigenvalue weighted by atomic mass is 9.89. The third-order valence-corrected chi connectivity index (χ3v) is 3.93. The van der Waals surface area contributed by atoms with Gasteiger partial charge in [0.15, 0.2) is 0 Å². The van der Waals surface area contributed by atoms with Gasteiger partial charge in [-0.25, -0.2) is 0 Å². The third-order valence-electron chi connectivity index (χ3n) is 3.93. The highest BCUT2D eigenvalue weighted by Gasteiger charge is 2.24. The van der Waals surface area contributed by atoms with Crippen LogP contribution in [0, 0.1) is 17.2 Å². The van der Waals surface area contributed by atoms with Crippen LogP contribution in [0.4, 0.5) is 0 Å². The summed E-state index contributed by atoms with van der Waals surface area (Å²) in [6.07, 6.45) is 7.20. The van der Waals surface area contributed by atoms with Gasteiger partial charge in [0, 0.05) is 13.0 Å². The topological polar surface area (TPSA) is 45.0 Å². The van der Waals surface area contributed by atoms with Crippen LogP contribution in [0.15, 0.2) is 0 Å². The number of nitrogens with zero attached hydrogens (tertiary/aromatic N) is 1. The number of nitrogens with one attached hydrogen (secondary N) is 1. The molecule has 18 heavy (non-hydrogen) atoms. The van der Waals surface area contributed by atoms with Gasteiger partial charge in [0.25, 0.3) is 0 Å². The van der Waals surface area contributed by atoms with Crippen LogP contribution < -0.4 is 5.32 Å². The minimum atomic E-state index is -0.433. The fraction of sp³-hybridized carbons (Fsp3) is 0.933. The molecule has 3 nitrogen and oxygen atoms in total. The molecular formula is C15H28N2O. The molecule has 1 unspecified atom stereocenters. The minimum absolute atomic E-state index is 0.426. The summed E-state index contributed by atoms with van der Waals surface area (Å²) in [5.74, 6) is 0.862. The predicted molar refractivity (Wildman–Crippen MR) is 74.3 cm³/mol.